The van der Waals surface area contributed by atoms with E-state index in [-0.39, 0.29) is 35.5 Å². The van der Waals surface area contributed by atoms with Gasteiger partial charge in [0, 0.05) is 16.7 Å². The molecule has 3 rings (SSSR count). The second-order valence-corrected chi connectivity index (χ2v) is 5.22. The van der Waals surface area contributed by atoms with Crippen LogP contribution in [0.3, 0.4) is 0 Å². The molecule has 0 fully saturated rings. The summed E-state index contributed by atoms with van der Waals surface area (Å²) in [6.07, 6.45) is 0. The maximum absolute atomic E-state index is 11.9. The van der Waals surface area contributed by atoms with Gasteiger partial charge < -0.3 is 19.4 Å². The summed E-state index contributed by atoms with van der Waals surface area (Å²) in [6, 6.07) is 10.4. The fourth-order valence-corrected chi connectivity index (χ4v) is 2.04. The first-order chi connectivity index (χ1) is 11.5. The summed E-state index contributed by atoms with van der Waals surface area (Å²) in [4.78, 5) is 11.9. The largest absolute Gasteiger partial charge is 0.508 e. The zero-order valence-corrected chi connectivity index (χ0v) is 12.9. The maximum atomic E-state index is 11.9. The SMILES string of the molecule is O=C(OCc1nnc(-c2ccc(Cl)cc2)o1)c1ccc(O)cc1O. The van der Waals surface area contributed by atoms with Crippen molar-refractivity contribution in [3.8, 4) is 23.0 Å². The third-order valence-corrected chi connectivity index (χ3v) is 3.34. The Morgan fingerprint density at radius 1 is 1.12 bits per heavy atom. The van der Waals surface area contributed by atoms with Crippen LogP contribution >= 0.6 is 11.6 Å². The zero-order chi connectivity index (χ0) is 17.1. The Kier molecular flexibility index (Phi) is 4.35. The van der Waals surface area contributed by atoms with Crippen LogP contribution in [-0.4, -0.2) is 26.4 Å². The quantitative estimate of drug-likeness (QED) is 0.699. The summed E-state index contributed by atoms with van der Waals surface area (Å²) < 4.78 is 10.4. The van der Waals surface area contributed by atoms with Crippen LogP contribution in [0.5, 0.6) is 11.5 Å². The highest BCUT2D eigenvalue weighted by molar-refractivity contribution is 6.30. The first-order valence-corrected chi connectivity index (χ1v) is 7.18. The lowest BCUT2D eigenvalue weighted by Gasteiger charge is -2.04. The van der Waals surface area contributed by atoms with Gasteiger partial charge in [-0.15, -0.1) is 10.2 Å². The standard InChI is InChI=1S/C16H11ClN2O5/c17-10-3-1-9(2-4-10)15-19-18-14(24-15)8-23-16(22)12-6-5-11(20)7-13(12)21/h1-7,20-21H,8H2. The predicted octanol–water partition coefficient (Wildman–Crippen LogP) is 3.16. The van der Waals surface area contributed by atoms with Crippen LogP contribution in [0.25, 0.3) is 11.5 Å². The lowest BCUT2D eigenvalue weighted by atomic mass is 10.2. The fourth-order valence-electron chi connectivity index (χ4n) is 1.92. The van der Waals surface area contributed by atoms with Crippen molar-refractivity contribution in [3.05, 3.63) is 58.9 Å². The van der Waals surface area contributed by atoms with E-state index in [9.17, 15) is 15.0 Å². The van der Waals surface area contributed by atoms with Crippen molar-refractivity contribution >= 4 is 17.6 Å². The number of nitrogens with zero attached hydrogens (tertiary/aromatic N) is 2. The molecular formula is C16H11ClN2O5. The number of hydrogen-bond donors (Lipinski definition) is 2. The highest BCUT2D eigenvalue weighted by atomic mass is 35.5. The summed E-state index contributed by atoms with van der Waals surface area (Å²) in [5, 5.41) is 27.0. The Balaban J connectivity index is 1.67. The molecule has 0 amide bonds. The van der Waals surface area contributed by atoms with Gasteiger partial charge in [-0.1, -0.05) is 11.6 Å². The molecule has 0 bridgehead atoms. The third-order valence-electron chi connectivity index (χ3n) is 3.09. The van der Waals surface area contributed by atoms with E-state index in [1.807, 2.05) is 0 Å². The molecule has 0 radical (unpaired) electrons. The van der Waals surface area contributed by atoms with Crippen LogP contribution in [0.2, 0.25) is 5.02 Å². The van der Waals surface area contributed by atoms with Crippen molar-refractivity contribution in [1.29, 1.82) is 0 Å². The highest BCUT2D eigenvalue weighted by Gasteiger charge is 2.15. The molecule has 0 aliphatic heterocycles. The van der Waals surface area contributed by atoms with Crippen molar-refractivity contribution in [2.75, 3.05) is 0 Å². The van der Waals surface area contributed by atoms with E-state index >= 15 is 0 Å². The number of phenols is 2. The van der Waals surface area contributed by atoms with Crippen LogP contribution in [-0.2, 0) is 11.3 Å². The van der Waals surface area contributed by atoms with Crippen LogP contribution < -0.4 is 0 Å². The first-order valence-electron chi connectivity index (χ1n) is 6.80. The van der Waals surface area contributed by atoms with Crippen molar-refractivity contribution in [2.45, 2.75) is 6.61 Å². The molecule has 0 atom stereocenters. The lowest BCUT2D eigenvalue weighted by molar-refractivity contribution is 0.0435. The Morgan fingerprint density at radius 3 is 2.58 bits per heavy atom. The summed E-state index contributed by atoms with van der Waals surface area (Å²) in [5.41, 5.74) is 0.603. The predicted molar refractivity (Wildman–Crippen MR) is 83.6 cm³/mol. The van der Waals surface area contributed by atoms with Gasteiger partial charge in [-0.25, -0.2) is 4.79 Å². The molecule has 3 aromatic rings. The number of carbonyl (C=O) groups excluding carboxylic acids is 1. The lowest BCUT2D eigenvalue weighted by Crippen LogP contribution is -2.05. The van der Waals surface area contributed by atoms with E-state index in [1.54, 1.807) is 24.3 Å². The van der Waals surface area contributed by atoms with Gasteiger partial charge in [-0.2, -0.15) is 0 Å². The minimum absolute atomic E-state index is 0.0785. The minimum Gasteiger partial charge on any atom is -0.508 e. The van der Waals surface area contributed by atoms with Crippen LogP contribution in [0.4, 0.5) is 0 Å². The molecule has 1 aromatic heterocycles. The molecule has 0 unspecified atom stereocenters. The normalized spacial score (nSPS) is 10.5. The molecule has 0 spiro atoms. The van der Waals surface area contributed by atoms with Gasteiger partial charge in [0.1, 0.15) is 17.1 Å². The molecule has 1 heterocycles. The minimum atomic E-state index is -0.779. The number of esters is 1. The number of phenolic OH excluding ortho intramolecular Hbond substituents is 2. The van der Waals surface area contributed by atoms with Crippen molar-refractivity contribution in [3.63, 3.8) is 0 Å². The number of ether oxygens (including phenoxy) is 1. The van der Waals surface area contributed by atoms with E-state index < -0.39 is 5.97 Å². The van der Waals surface area contributed by atoms with Crippen molar-refractivity contribution in [1.82, 2.24) is 10.2 Å². The highest BCUT2D eigenvalue weighted by Crippen LogP contribution is 2.24. The molecule has 7 nitrogen and oxygen atoms in total. The smallest absolute Gasteiger partial charge is 0.342 e. The molecular weight excluding hydrogens is 336 g/mol. The first kappa shape index (κ1) is 15.8. The molecule has 0 saturated heterocycles. The average molecular weight is 347 g/mol. The van der Waals surface area contributed by atoms with Gasteiger partial charge in [0.05, 0.1) is 0 Å². The van der Waals surface area contributed by atoms with Gasteiger partial charge >= 0.3 is 5.97 Å². The van der Waals surface area contributed by atoms with Crippen molar-refractivity contribution in [2.24, 2.45) is 0 Å². The van der Waals surface area contributed by atoms with Crippen molar-refractivity contribution < 1.29 is 24.2 Å². The average Bonchev–Trinajstić information content (AvgIpc) is 3.02. The molecule has 2 aromatic carbocycles. The zero-order valence-electron chi connectivity index (χ0n) is 12.1. The van der Waals surface area contributed by atoms with Gasteiger partial charge in [0.15, 0.2) is 6.61 Å². The number of rotatable bonds is 4. The third kappa shape index (κ3) is 3.47. The van der Waals surface area contributed by atoms with E-state index in [1.165, 1.54) is 12.1 Å². The van der Waals surface area contributed by atoms with E-state index in [0.717, 1.165) is 6.07 Å². The van der Waals surface area contributed by atoms with Gasteiger partial charge in [0.2, 0.25) is 5.89 Å². The van der Waals surface area contributed by atoms with Gasteiger partial charge in [-0.05, 0) is 36.4 Å². The molecule has 0 aliphatic rings. The number of carbonyl (C=O) groups is 1. The second kappa shape index (κ2) is 6.59. The topological polar surface area (TPSA) is 106 Å². The number of aromatic nitrogens is 2. The molecule has 24 heavy (non-hydrogen) atoms. The Morgan fingerprint density at radius 2 is 1.88 bits per heavy atom. The summed E-state index contributed by atoms with van der Waals surface area (Å²) >= 11 is 5.81. The maximum Gasteiger partial charge on any atom is 0.342 e. The summed E-state index contributed by atoms with van der Waals surface area (Å²) in [5.74, 6) is -0.948. The number of halogens is 1. The van der Waals surface area contributed by atoms with E-state index in [0.29, 0.717) is 10.6 Å². The van der Waals surface area contributed by atoms with Crippen LogP contribution in [0.15, 0.2) is 46.9 Å². The van der Waals surface area contributed by atoms with Crippen LogP contribution in [0, 0.1) is 0 Å². The molecule has 2 N–H and O–H groups in total. The summed E-state index contributed by atoms with van der Waals surface area (Å²) in [6.45, 7) is -0.250. The Bertz CT molecular complexity index is 876. The van der Waals surface area contributed by atoms with Gasteiger partial charge in [-0.3, -0.25) is 0 Å². The number of aromatic hydroxyl groups is 2. The van der Waals surface area contributed by atoms with Crippen LogP contribution in [0.1, 0.15) is 16.2 Å². The van der Waals surface area contributed by atoms with Gasteiger partial charge in [0.25, 0.3) is 5.89 Å². The Labute approximate surface area is 141 Å². The summed E-state index contributed by atoms with van der Waals surface area (Å²) in [7, 11) is 0. The van der Waals surface area contributed by atoms with E-state index in [2.05, 4.69) is 10.2 Å². The molecule has 0 saturated carbocycles. The fraction of sp³-hybridized carbons (Fsp3) is 0.0625. The number of hydrogen-bond acceptors (Lipinski definition) is 7. The second-order valence-electron chi connectivity index (χ2n) is 4.79. The Hall–Kier alpha value is -3.06. The molecule has 0 aliphatic carbocycles. The monoisotopic (exact) mass is 346 g/mol. The molecule has 8 heteroatoms. The molecule has 122 valence electrons. The van der Waals surface area contributed by atoms with E-state index in [4.69, 9.17) is 20.8 Å². The number of benzene rings is 2.